The largest absolute Gasteiger partial charge is 0.0683 e. The molecule has 0 heterocycles. The summed E-state index contributed by atoms with van der Waals surface area (Å²) in [5.74, 6) is 0. The van der Waals surface area contributed by atoms with Crippen LogP contribution in [0.3, 0.4) is 0 Å². The van der Waals surface area contributed by atoms with Crippen molar-refractivity contribution in [1.29, 1.82) is 0 Å². The first kappa shape index (κ1) is 99.3. The number of benzene rings is 20. The smallest absolute Gasteiger partial charge is 0.00264 e. The molecule has 0 radical (unpaired) electrons. The summed E-state index contributed by atoms with van der Waals surface area (Å²) in [7, 11) is 0. The second kappa shape index (κ2) is 56.9. The molecule has 0 nitrogen and oxygen atoms in total. The van der Waals surface area contributed by atoms with E-state index in [9.17, 15) is 0 Å². The minimum absolute atomic E-state index is 1.26. The molecule has 0 aromatic heterocycles. The maximum Gasteiger partial charge on any atom is -0.00264 e. The lowest BCUT2D eigenvalue weighted by Gasteiger charge is -2.17. The normalized spacial score (nSPS) is 9.61. The van der Waals surface area contributed by atoms with Crippen molar-refractivity contribution < 1.29 is 0 Å². The quantitative estimate of drug-likeness (QED) is 0.140. The molecule has 0 aliphatic heterocycles. The van der Waals surface area contributed by atoms with Gasteiger partial charge in [0.15, 0.2) is 0 Å². The maximum absolute atomic E-state index is 2.27. The molecular weight excluding hydrogens is 1490 g/mol. The van der Waals surface area contributed by atoms with Crippen molar-refractivity contribution in [3.63, 3.8) is 0 Å². The van der Waals surface area contributed by atoms with E-state index in [2.05, 4.69) is 443 Å². The van der Waals surface area contributed by atoms with Gasteiger partial charge >= 0.3 is 0 Å². The molecule has 0 bridgehead atoms. The molecule has 0 atom stereocenters. The molecule has 20 aromatic carbocycles. The van der Waals surface area contributed by atoms with Crippen molar-refractivity contribution in [2.75, 3.05) is 0 Å². The summed E-state index contributed by atoms with van der Waals surface area (Å²) in [6.07, 6.45) is 0. The molecule has 0 amide bonds. The predicted molar refractivity (Wildman–Crippen MR) is 564 cm³/mol. The van der Waals surface area contributed by atoms with Gasteiger partial charge in [0.2, 0.25) is 0 Å². The number of fused-ring (bicyclic) bond motifs is 8. The van der Waals surface area contributed by atoms with E-state index >= 15 is 0 Å². The number of hydrogen-bond donors (Lipinski definition) is 0. The van der Waals surface area contributed by atoms with E-state index in [1.807, 2.05) is 145 Å². The Morgan fingerprint density at radius 1 is 0.0968 bits per heavy atom. The summed E-state index contributed by atoms with van der Waals surface area (Å²) >= 11 is 0. The number of rotatable bonds is 7. The van der Waals surface area contributed by atoms with Crippen LogP contribution in [0.15, 0.2) is 449 Å². The molecule has 0 N–H and O–H groups in total. The van der Waals surface area contributed by atoms with Gasteiger partial charge in [-0.05, 0) is 176 Å². The van der Waals surface area contributed by atoms with Crippen molar-refractivity contribution in [1.82, 2.24) is 0 Å². The highest BCUT2D eigenvalue weighted by Gasteiger charge is 2.18. The summed E-state index contributed by atoms with van der Waals surface area (Å²) < 4.78 is 0. The van der Waals surface area contributed by atoms with Crippen LogP contribution in [0.1, 0.15) is 138 Å². The van der Waals surface area contributed by atoms with Crippen LogP contribution in [-0.2, 0) is 0 Å². The second-order valence-electron chi connectivity index (χ2n) is 26.0. The van der Waals surface area contributed by atoms with E-state index in [-0.39, 0.29) is 0 Å². The van der Waals surface area contributed by atoms with Crippen LogP contribution in [0.4, 0.5) is 0 Å². The Bertz CT molecular complexity index is 5720. The molecule has 0 saturated heterocycles. The highest BCUT2D eigenvalue weighted by molar-refractivity contribution is 6.23. The van der Waals surface area contributed by atoms with Gasteiger partial charge < -0.3 is 0 Å². The van der Waals surface area contributed by atoms with Gasteiger partial charge in [0, 0.05) is 0 Å². The van der Waals surface area contributed by atoms with Crippen LogP contribution < -0.4 is 0 Å². The van der Waals surface area contributed by atoms with E-state index in [4.69, 9.17) is 0 Å². The summed E-state index contributed by atoms with van der Waals surface area (Å²) in [6.45, 7) is 40.0. The molecule has 0 aliphatic carbocycles. The van der Waals surface area contributed by atoms with Crippen molar-refractivity contribution in [2.24, 2.45) is 0 Å². The minimum atomic E-state index is 1.26. The van der Waals surface area contributed by atoms with Crippen LogP contribution >= 0.6 is 0 Å². The Balaban J connectivity index is 0.000000230. The lowest BCUT2D eigenvalue weighted by Crippen LogP contribution is -1.90. The monoisotopic (exact) mass is 1620 g/mol. The molecule has 630 valence electrons. The fourth-order valence-electron chi connectivity index (χ4n) is 14.9. The SMILES string of the molecule is CC.CC.CC.CC.CC.CC.CC.CC.CC.CC.c1ccc(-c2c3ccccc3c(-c3ccccc3)c3ccccc23)cc1.c1ccc(-c2c3ccccc3c(-c3ccccc3)c3ccccc23)cc1.c1ccc(-c2c3ccccc3cc3ccccc23)cc1.c1ccc(-c2ccc3ccccc3c2)cc1.c1ccc(-c2cccc3ccccc23)cc1. The van der Waals surface area contributed by atoms with E-state index in [0.29, 0.717) is 0 Å². The van der Waals surface area contributed by atoms with Gasteiger partial charge in [-0.15, -0.1) is 0 Å². The van der Waals surface area contributed by atoms with Gasteiger partial charge in [0.1, 0.15) is 0 Å². The average molecular weight is 1620 g/mol. The third-order valence-electron chi connectivity index (χ3n) is 19.7. The van der Waals surface area contributed by atoms with Gasteiger partial charge in [0.25, 0.3) is 0 Å². The molecule has 0 spiro atoms. The lowest BCUT2D eigenvalue weighted by molar-refractivity contribution is 1.50. The zero-order chi connectivity index (χ0) is 89.6. The van der Waals surface area contributed by atoms with E-state index in [1.165, 1.54) is 164 Å². The predicted octanol–water partition coefficient (Wildman–Crippen LogP) is 39.6. The zero-order valence-electron chi connectivity index (χ0n) is 77.7. The Labute approximate surface area is 746 Å². The lowest BCUT2D eigenvalue weighted by atomic mass is 9.86. The van der Waals surface area contributed by atoms with Gasteiger partial charge in [-0.25, -0.2) is 0 Å². The van der Waals surface area contributed by atoms with Crippen molar-refractivity contribution in [3.8, 4) is 77.9 Å². The highest BCUT2D eigenvalue weighted by Crippen LogP contribution is 2.46. The topological polar surface area (TPSA) is 0 Å². The van der Waals surface area contributed by atoms with Crippen LogP contribution in [0, 0.1) is 0 Å². The van der Waals surface area contributed by atoms with Crippen molar-refractivity contribution in [3.05, 3.63) is 449 Å². The fourth-order valence-corrected chi connectivity index (χ4v) is 14.9. The van der Waals surface area contributed by atoms with E-state index < -0.39 is 0 Å². The second-order valence-corrected chi connectivity index (χ2v) is 26.0. The maximum atomic E-state index is 2.27. The van der Waals surface area contributed by atoms with E-state index in [1.54, 1.807) is 0 Å². The zero-order valence-corrected chi connectivity index (χ0v) is 77.7. The summed E-state index contributed by atoms with van der Waals surface area (Å²) in [4.78, 5) is 0. The van der Waals surface area contributed by atoms with Crippen molar-refractivity contribution >= 4 is 86.2 Å². The molecule has 0 saturated carbocycles. The summed E-state index contributed by atoms with van der Waals surface area (Å²) in [6, 6.07) is 159. The molecule has 0 fully saturated rings. The Morgan fingerprint density at radius 3 is 0.573 bits per heavy atom. The van der Waals surface area contributed by atoms with Crippen LogP contribution in [0.2, 0.25) is 0 Å². The summed E-state index contributed by atoms with van der Waals surface area (Å²) in [5, 5.41) is 20.8. The molecule has 20 rings (SSSR count). The van der Waals surface area contributed by atoms with Crippen LogP contribution in [-0.4, -0.2) is 0 Å². The van der Waals surface area contributed by atoms with Gasteiger partial charge in [-0.3, -0.25) is 0 Å². The van der Waals surface area contributed by atoms with Gasteiger partial charge in [0.05, 0.1) is 0 Å². The van der Waals surface area contributed by atoms with Gasteiger partial charge in [-0.2, -0.15) is 0 Å². The minimum Gasteiger partial charge on any atom is -0.0683 e. The Hall–Kier alpha value is -13.5. The Morgan fingerprint density at radius 2 is 0.290 bits per heavy atom. The molecule has 0 heteroatoms. The third-order valence-corrected chi connectivity index (χ3v) is 19.7. The first-order valence-electron chi connectivity index (χ1n) is 45.8. The average Bonchev–Trinajstić information content (AvgIpc) is 0.735. The molecular formula is C124H134. The first-order valence-corrected chi connectivity index (χ1v) is 45.8. The van der Waals surface area contributed by atoms with Crippen LogP contribution in [0.25, 0.3) is 164 Å². The molecule has 20 aromatic rings. The summed E-state index contributed by atoms with van der Waals surface area (Å²) in [5.41, 5.74) is 18.1. The van der Waals surface area contributed by atoms with Gasteiger partial charge in [-0.1, -0.05) is 575 Å². The molecule has 0 unspecified atom stereocenters. The van der Waals surface area contributed by atoms with Crippen molar-refractivity contribution in [2.45, 2.75) is 138 Å². The third kappa shape index (κ3) is 25.5. The van der Waals surface area contributed by atoms with E-state index in [0.717, 1.165) is 0 Å². The number of hydrogen-bond acceptors (Lipinski definition) is 0. The standard InChI is InChI=1S/2C26H18.C20H14.2C16H12.10C2H6/c2*1-3-11-19(12-4-1)25-21-15-7-9-17-23(21)26(20-13-5-2-6-14-20)24-18-10-8-16-22(24)25;1-2-8-15(9-3-1)20-18-12-6-4-10-16(18)14-17-11-5-7-13-19(17)20;1-2-7-13(8-3-1)16-12-6-10-14-9-4-5-11-15(14)16;1-2-6-13(7-3-1)16-11-10-14-8-4-5-9-15(14)12-16;10*1-2/h2*1-18H;1-14H;2*1-12H;10*1-2H3. The van der Waals surface area contributed by atoms with Crippen LogP contribution in [0.5, 0.6) is 0 Å². The first-order chi connectivity index (χ1) is 61.7. The highest BCUT2D eigenvalue weighted by atomic mass is 14.2. The molecule has 0 aliphatic rings. The Kier molecular flexibility index (Phi) is 45.6. The molecule has 124 heavy (non-hydrogen) atoms. The fraction of sp³-hybridized carbons (Fsp3) is 0.161.